The summed E-state index contributed by atoms with van der Waals surface area (Å²) in [6, 6.07) is 13.3. The summed E-state index contributed by atoms with van der Waals surface area (Å²) in [6.07, 6.45) is 0.615. The number of anilines is 2. The maximum atomic E-state index is 13.2. The van der Waals surface area contributed by atoms with E-state index in [1.165, 1.54) is 21.3 Å². The van der Waals surface area contributed by atoms with Gasteiger partial charge in [-0.05, 0) is 49.2 Å². The number of amides is 1. The second kappa shape index (κ2) is 6.63. The molecule has 0 bridgehead atoms. The van der Waals surface area contributed by atoms with E-state index in [9.17, 15) is 18.0 Å². The number of hydrogen-bond acceptors (Lipinski definition) is 4. The molecule has 2 atom stereocenters. The molecule has 0 aromatic heterocycles. The molecule has 2 aliphatic heterocycles. The van der Waals surface area contributed by atoms with Gasteiger partial charge in [0.15, 0.2) is 0 Å². The van der Waals surface area contributed by atoms with Crippen molar-refractivity contribution in [1.82, 2.24) is 0 Å². The zero-order chi connectivity index (χ0) is 20.1. The number of para-hydroxylation sites is 1. The highest BCUT2D eigenvalue weighted by atomic mass is 32.2. The van der Waals surface area contributed by atoms with Gasteiger partial charge in [-0.2, -0.15) is 0 Å². The Balaban J connectivity index is 1.62. The van der Waals surface area contributed by atoms with Gasteiger partial charge in [0.2, 0.25) is 5.91 Å². The highest BCUT2D eigenvalue weighted by Gasteiger charge is 2.37. The Labute approximate surface area is 163 Å². The van der Waals surface area contributed by atoms with Gasteiger partial charge in [0.1, 0.15) is 0 Å². The van der Waals surface area contributed by atoms with E-state index in [2.05, 4.69) is 0 Å². The minimum Gasteiger partial charge on any atom is -0.481 e. The van der Waals surface area contributed by atoms with Crippen LogP contribution < -0.4 is 9.21 Å². The number of rotatable bonds is 4. The van der Waals surface area contributed by atoms with E-state index in [4.69, 9.17) is 5.11 Å². The number of benzene rings is 2. The lowest BCUT2D eigenvalue weighted by Gasteiger charge is -2.25. The van der Waals surface area contributed by atoms with Gasteiger partial charge in [-0.15, -0.1) is 0 Å². The quantitative estimate of drug-likeness (QED) is 0.850. The van der Waals surface area contributed by atoms with Gasteiger partial charge >= 0.3 is 5.97 Å². The van der Waals surface area contributed by atoms with E-state index in [1.54, 1.807) is 18.2 Å². The van der Waals surface area contributed by atoms with Crippen LogP contribution in [0.25, 0.3) is 0 Å². The van der Waals surface area contributed by atoms with Crippen molar-refractivity contribution < 1.29 is 23.1 Å². The zero-order valence-electron chi connectivity index (χ0n) is 15.3. The molecule has 146 valence electrons. The minimum atomic E-state index is -3.74. The van der Waals surface area contributed by atoms with Crippen molar-refractivity contribution in [3.63, 3.8) is 0 Å². The predicted molar refractivity (Wildman–Crippen MR) is 104 cm³/mol. The number of carbonyl (C=O) groups is 2. The van der Waals surface area contributed by atoms with Crippen LogP contribution in [0.1, 0.15) is 18.9 Å². The van der Waals surface area contributed by atoms with Crippen molar-refractivity contribution in [3.8, 4) is 0 Å². The average molecular weight is 400 g/mol. The van der Waals surface area contributed by atoms with Crippen molar-refractivity contribution in [2.75, 3.05) is 15.7 Å². The summed E-state index contributed by atoms with van der Waals surface area (Å²) < 4.78 is 27.9. The summed E-state index contributed by atoms with van der Waals surface area (Å²) in [5, 5.41) is 9.11. The molecule has 8 heteroatoms. The molecule has 0 unspecified atom stereocenters. The molecule has 0 aliphatic carbocycles. The molecule has 2 aliphatic rings. The first kappa shape index (κ1) is 18.5. The molecule has 2 heterocycles. The summed E-state index contributed by atoms with van der Waals surface area (Å²) in [5.41, 5.74) is 2.19. The molecule has 0 saturated carbocycles. The molecular weight excluding hydrogens is 380 g/mol. The molecular formula is C20H20N2O5S. The molecule has 1 saturated heterocycles. The lowest BCUT2D eigenvalue weighted by Crippen LogP contribution is -2.35. The summed E-state index contributed by atoms with van der Waals surface area (Å²) in [7, 11) is -3.74. The van der Waals surface area contributed by atoms with Crippen molar-refractivity contribution >= 4 is 33.3 Å². The van der Waals surface area contributed by atoms with E-state index < -0.39 is 21.9 Å². The van der Waals surface area contributed by atoms with Crippen LogP contribution in [0.15, 0.2) is 53.4 Å². The van der Waals surface area contributed by atoms with E-state index in [0.717, 1.165) is 5.56 Å². The molecule has 2 aromatic carbocycles. The summed E-state index contributed by atoms with van der Waals surface area (Å²) in [4.78, 5) is 24.8. The number of carboxylic acids is 1. The van der Waals surface area contributed by atoms with Crippen LogP contribution in [0.5, 0.6) is 0 Å². The Bertz CT molecular complexity index is 1050. The molecule has 1 N–H and O–H groups in total. The van der Waals surface area contributed by atoms with E-state index in [1.807, 2.05) is 25.1 Å². The maximum absolute atomic E-state index is 13.2. The topological polar surface area (TPSA) is 95.0 Å². The number of fused-ring (bicyclic) bond motifs is 1. The number of hydrogen-bond donors (Lipinski definition) is 1. The Morgan fingerprint density at radius 3 is 2.39 bits per heavy atom. The van der Waals surface area contributed by atoms with Gasteiger partial charge < -0.3 is 10.0 Å². The third kappa shape index (κ3) is 2.93. The van der Waals surface area contributed by atoms with Crippen molar-refractivity contribution in [2.45, 2.75) is 30.7 Å². The van der Waals surface area contributed by atoms with Crippen molar-refractivity contribution in [1.29, 1.82) is 0 Å². The number of sulfonamides is 1. The van der Waals surface area contributed by atoms with Gasteiger partial charge in [-0.3, -0.25) is 13.9 Å². The second-order valence-electron chi connectivity index (χ2n) is 7.22. The third-order valence-corrected chi connectivity index (χ3v) is 7.27. The first-order valence-corrected chi connectivity index (χ1v) is 10.5. The Kier molecular flexibility index (Phi) is 4.38. The van der Waals surface area contributed by atoms with E-state index in [-0.39, 0.29) is 29.8 Å². The third-order valence-electron chi connectivity index (χ3n) is 5.32. The fourth-order valence-electron chi connectivity index (χ4n) is 3.94. The summed E-state index contributed by atoms with van der Waals surface area (Å²) in [5.74, 6) is -2.01. The van der Waals surface area contributed by atoms with Gasteiger partial charge in [0.25, 0.3) is 10.0 Å². The lowest BCUT2D eigenvalue weighted by atomic mass is 10.1. The molecule has 28 heavy (non-hydrogen) atoms. The SMILES string of the molecule is C[C@H]1Cc2ccccc2N1S(=O)(=O)c1ccc(N2C[C@H](C(=O)O)CC2=O)cc1. The van der Waals surface area contributed by atoms with Crippen molar-refractivity contribution in [2.24, 2.45) is 5.92 Å². The van der Waals surface area contributed by atoms with Gasteiger partial charge in [-0.25, -0.2) is 8.42 Å². The number of aliphatic carboxylic acids is 1. The van der Waals surface area contributed by atoms with Crippen LogP contribution in [0, 0.1) is 5.92 Å². The molecule has 7 nitrogen and oxygen atoms in total. The number of carbonyl (C=O) groups excluding carboxylic acids is 1. The normalized spacial score (nSPS) is 21.8. The van der Waals surface area contributed by atoms with Gasteiger partial charge in [0.05, 0.1) is 16.5 Å². The van der Waals surface area contributed by atoms with Gasteiger partial charge in [0, 0.05) is 24.7 Å². The first-order chi connectivity index (χ1) is 13.3. The maximum Gasteiger partial charge on any atom is 0.308 e. The summed E-state index contributed by atoms with van der Waals surface area (Å²) >= 11 is 0. The van der Waals surface area contributed by atoms with Crippen LogP contribution in [0.2, 0.25) is 0 Å². The average Bonchev–Trinajstić information content (AvgIpc) is 3.21. The predicted octanol–water partition coefficient (Wildman–Crippen LogP) is 2.26. The molecule has 1 amide bonds. The number of nitrogens with zero attached hydrogens (tertiary/aromatic N) is 2. The minimum absolute atomic E-state index is 0.0442. The molecule has 0 spiro atoms. The van der Waals surface area contributed by atoms with Crippen LogP contribution in [-0.2, 0) is 26.0 Å². The van der Waals surface area contributed by atoms with Crippen LogP contribution in [0.3, 0.4) is 0 Å². The Morgan fingerprint density at radius 1 is 1.07 bits per heavy atom. The fraction of sp³-hybridized carbons (Fsp3) is 0.300. The van der Waals surface area contributed by atoms with Crippen molar-refractivity contribution in [3.05, 3.63) is 54.1 Å². The highest BCUT2D eigenvalue weighted by molar-refractivity contribution is 7.92. The molecule has 4 rings (SSSR count). The molecule has 1 fully saturated rings. The smallest absolute Gasteiger partial charge is 0.308 e. The summed E-state index contributed by atoms with van der Waals surface area (Å²) in [6.45, 7) is 1.97. The van der Waals surface area contributed by atoms with E-state index in [0.29, 0.717) is 17.8 Å². The standard InChI is InChI=1S/C20H20N2O5S/c1-13-10-14-4-2-3-5-18(14)22(13)28(26,27)17-8-6-16(7-9-17)21-12-15(20(24)25)11-19(21)23/h2-9,13,15H,10-12H2,1H3,(H,24,25)/t13-,15+/m0/s1. The van der Waals surface area contributed by atoms with Crippen LogP contribution >= 0.6 is 0 Å². The Morgan fingerprint density at radius 2 is 1.75 bits per heavy atom. The van der Waals surface area contributed by atoms with Gasteiger partial charge in [-0.1, -0.05) is 18.2 Å². The largest absolute Gasteiger partial charge is 0.481 e. The highest BCUT2D eigenvalue weighted by Crippen LogP contribution is 2.37. The van der Waals surface area contributed by atoms with E-state index >= 15 is 0 Å². The monoisotopic (exact) mass is 400 g/mol. The first-order valence-electron chi connectivity index (χ1n) is 9.04. The fourth-order valence-corrected chi connectivity index (χ4v) is 5.63. The molecule has 0 radical (unpaired) electrons. The molecule has 2 aromatic rings. The zero-order valence-corrected chi connectivity index (χ0v) is 16.1. The Hall–Kier alpha value is -2.87. The second-order valence-corrected chi connectivity index (χ2v) is 9.04. The van der Waals surface area contributed by atoms with Crippen LogP contribution in [0.4, 0.5) is 11.4 Å². The van der Waals surface area contributed by atoms with Crippen LogP contribution in [-0.4, -0.2) is 38.0 Å². The number of carboxylic acid groups (broad SMARTS) is 1. The lowest BCUT2D eigenvalue weighted by molar-refractivity contribution is -0.141.